The van der Waals surface area contributed by atoms with Gasteiger partial charge in [0.1, 0.15) is 11.6 Å². The minimum atomic E-state index is 0.687. The van der Waals surface area contributed by atoms with E-state index in [9.17, 15) is 5.26 Å². The van der Waals surface area contributed by atoms with E-state index in [0.29, 0.717) is 5.56 Å². The predicted molar refractivity (Wildman–Crippen MR) is 66.8 cm³/mol. The molecule has 0 spiro atoms. The highest BCUT2D eigenvalue weighted by Crippen LogP contribution is 2.25. The lowest BCUT2D eigenvalue weighted by Crippen LogP contribution is -2.34. The van der Waals surface area contributed by atoms with Crippen LogP contribution in [0.15, 0.2) is 0 Å². The van der Waals surface area contributed by atoms with Gasteiger partial charge in [0.15, 0.2) is 5.82 Å². The van der Waals surface area contributed by atoms with E-state index in [-0.39, 0.29) is 0 Å². The molecule has 2 rings (SSSR count). The maximum absolute atomic E-state index is 9.26. The first-order valence-electron chi connectivity index (χ1n) is 6.12. The van der Waals surface area contributed by atoms with Gasteiger partial charge in [-0.25, -0.2) is 0 Å². The van der Waals surface area contributed by atoms with Gasteiger partial charge in [0, 0.05) is 13.1 Å². The molecule has 4 heteroatoms. The Labute approximate surface area is 102 Å². The van der Waals surface area contributed by atoms with Crippen LogP contribution in [-0.4, -0.2) is 23.3 Å². The molecule has 0 N–H and O–H groups in total. The standard InChI is InChI=1S/C13H18N4/c1-9-4-6-17(7-5-9)13-12(8-14)10(2)11(3)15-16-13/h9H,4-7H2,1-3H3. The van der Waals surface area contributed by atoms with Crippen LogP contribution in [0.1, 0.15) is 36.6 Å². The van der Waals surface area contributed by atoms with Crippen molar-refractivity contribution in [1.82, 2.24) is 10.2 Å². The topological polar surface area (TPSA) is 52.8 Å². The van der Waals surface area contributed by atoms with Gasteiger partial charge >= 0.3 is 0 Å². The van der Waals surface area contributed by atoms with Crippen molar-refractivity contribution in [3.63, 3.8) is 0 Å². The molecule has 0 bridgehead atoms. The summed E-state index contributed by atoms with van der Waals surface area (Å²) in [7, 11) is 0. The molecule has 1 aliphatic heterocycles. The zero-order valence-electron chi connectivity index (χ0n) is 10.7. The molecule has 1 aromatic rings. The SMILES string of the molecule is Cc1nnc(N2CCC(C)CC2)c(C#N)c1C. The molecule has 0 aromatic carbocycles. The molecule has 17 heavy (non-hydrogen) atoms. The summed E-state index contributed by atoms with van der Waals surface area (Å²) in [6.45, 7) is 8.07. The molecule has 90 valence electrons. The summed E-state index contributed by atoms with van der Waals surface area (Å²) in [6, 6.07) is 2.27. The van der Waals surface area contributed by atoms with Crippen molar-refractivity contribution in [2.24, 2.45) is 5.92 Å². The van der Waals surface area contributed by atoms with Gasteiger partial charge in [-0.1, -0.05) is 6.92 Å². The van der Waals surface area contributed by atoms with Gasteiger partial charge in [-0.05, 0) is 38.2 Å². The zero-order valence-corrected chi connectivity index (χ0v) is 10.7. The third-order valence-electron chi connectivity index (χ3n) is 3.63. The highest BCUT2D eigenvalue weighted by molar-refractivity contribution is 5.57. The van der Waals surface area contributed by atoms with Crippen molar-refractivity contribution in [1.29, 1.82) is 5.26 Å². The van der Waals surface area contributed by atoms with Crippen molar-refractivity contribution < 1.29 is 0 Å². The molecule has 1 aliphatic rings. The van der Waals surface area contributed by atoms with E-state index >= 15 is 0 Å². The number of nitrogens with zero attached hydrogens (tertiary/aromatic N) is 4. The van der Waals surface area contributed by atoms with Gasteiger partial charge in [-0.3, -0.25) is 0 Å². The smallest absolute Gasteiger partial charge is 0.169 e. The van der Waals surface area contributed by atoms with Gasteiger partial charge in [0.2, 0.25) is 0 Å². The van der Waals surface area contributed by atoms with Gasteiger partial charge in [0.05, 0.1) is 5.69 Å². The van der Waals surface area contributed by atoms with E-state index in [4.69, 9.17) is 0 Å². The highest BCUT2D eigenvalue weighted by atomic mass is 15.3. The first kappa shape index (κ1) is 11.8. The summed E-state index contributed by atoms with van der Waals surface area (Å²) >= 11 is 0. The lowest BCUT2D eigenvalue weighted by molar-refractivity contribution is 0.435. The Morgan fingerprint density at radius 1 is 1.24 bits per heavy atom. The number of nitriles is 1. The summed E-state index contributed by atoms with van der Waals surface area (Å²) in [5.74, 6) is 1.54. The Morgan fingerprint density at radius 3 is 2.47 bits per heavy atom. The molecule has 0 aliphatic carbocycles. The molecule has 0 amide bonds. The molecule has 0 unspecified atom stereocenters. The summed E-state index contributed by atoms with van der Waals surface area (Å²) in [6.07, 6.45) is 2.33. The largest absolute Gasteiger partial charge is 0.354 e. The van der Waals surface area contributed by atoms with Crippen LogP contribution in [0.5, 0.6) is 0 Å². The fraction of sp³-hybridized carbons (Fsp3) is 0.615. The number of aryl methyl sites for hydroxylation is 1. The van der Waals surface area contributed by atoms with Crippen molar-refractivity contribution >= 4 is 5.82 Å². The second-order valence-corrected chi connectivity index (χ2v) is 4.89. The van der Waals surface area contributed by atoms with Gasteiger partial charge in [0.25, 0.3) is 0 Å². The molecular formula is C13H18N4. The van der Waals surface area contributed by atoms with Crippen LogP contribution in [0.25, 0.3) is 0 Å². The van der Waals surface area contributed by atoms with Crippen LogP contribution in [0.3, 0.4) is 0 Å². The van der Waals surface area contributed by atoms with Crippen LogP contribution in [0.2, 0.25) is 0 Å². The minimum Gasteiger partial charge on any atom is -0.354 e. The van der Waals surface area contributed by atoms with Crippen molar-refractivity contribution in [3.8, 4) is 6.07 Å². The maximum atomic E-state index is 9.26. The van der Waals surface area contributed by atoms with Crippen LogP contribution in [0, 0.1) is 31.1 Å². The van der Waals surface area contributed by atoms with Crippen molar-refractivity contribution in [2.45, 2.75) is 33.6 Å². The number of piperidine rings is 1. The second-order valence-electron chi connectivity index (χ2n) is 4.89. The molecular weight excluding hydrogens is 212 g/mol. The van der Waals surface area contributed by atoms with Crippen LogP contribution in [-0.2, 0) is 0 Å². The third-order valence-corrected chi connectivity index (χ3v) is 3.63. The lowest BCUT2D eigenvalue weighted by atomic mass is 9.98. The molecule has 2 heterocycles. The van der Waals surface area contributed by atoms with E-state index < -0.39 is 0 Å². The van der Waals surface area contributed by atoms with Crippen LogP contribution < -0.4 is 4.90 Å². The molecule has 1 saturated heterocycles. The van der Waals surface area contributed by atoms with Gasteiger partial charge in [-0.2, -0.15) is 10.4 Å². The lowest BCUT2D eigenvalue weighted by Gasteiger charge is -2.31. The number of hydrogen-bond donors (Lipinski definition) is 0. The fourth-order valence-electron chi connectivity index (χ4n) is 2.17. The van der Waals surface area contributed by atoms with Gasteiger partial charge < -0.3 is 4.90 Å². The highest BCUT2D eigenvalue weighted by Gasteiger charge is 2.21. The summed E-state index contributed by atoms with van der Waals surface area (Å²) < 4.78 is 0. The van der Waals surface area contributed by atoms with Crippen molar-refractivity contribution in [3.05, 3.63) is 16.8 Å². The first-order valence-corrected chi connectivity index (χ1v) is 6.12. The first-order chi connectivity index (χ1) is 8.13. The Bertz CT molecular complexity index is 453. The van der Waals surface area contributed by atoms with E-state index in [1.54, 1.807) is 0 Å². The van der Waals surface area contributed by atoms with Crippen molar-refractivity contribution in [2.75, 3.05) is 18.0 Å². The predicted octanol–water partition coefficient (Wildman–Crippen LogP) is 2.20. The van der Waals surface area contributed by atoms with E-state index in [2.05, 4.69) is 28.1 Å². The van der Waals surface area contributed by atoms with E-state index in [0.717, 1.165) is 36.1 Å². The zero-order chi connectivity index (χ0) is 12.4. The monoisotopic (exact) mass is 230 g/mol. The van der Waals surface area contributed by atoms with Crippen LogP contribution in [0.4, 0.5) is 5.82 Å². The Hall–Kier alpha value is -1.63. The minimum absolute atomic E-state index is 0.687. The Balaban J connectivity index is 2.33. The number of anilines is 1. The number of hydrogen-bond acceptors (Lipinski definition) is 4. The fourth-order valence-corrected chi connectivity index (χ4v) is 2.17. The Morgan fingerprint density at radius 2 is 1.88 bits per heavy atom. The number of rotatable bonds is 1. The van der Waals surface area contributed by atoms with Gasteiger partial charge in [-0.15, -0.1) is 5.10 Å². The quantitative estimate of drug-likeness (QED) is 0.742. The summed E-state index contributed by atoms with van der Waals surface area (Å²) in [5.41, 5.74) is 2.49. The third kappa shape index (κ3) is 2.23. The molecule has 0 atom stereocenters. The average molecular weight is 230 g/mol. The summed E-state index contributed by atoms with van der Waals surface area (Å²) in [5, 5.41) is 17.6. The normalized spacial score (nSPS) is 16.9. The Kier molecular flexibility index (Phi) is 3.28. The van der Waals surface area contributed by atoms with E-state index in [1.165, 1.54) is 12.8 Å². The second kappa shape index (κ2) is 4.70. The number of aromatic nitrogens is 2. The molecule has 1 aromatic heterocycles. The molecule has 0 saturated carbocycles. The maximum Gasteiger partial charge on any atom is 0.169 e. The van der Waals surface area contributed by atoms with E-state index in [1.807, 2.05) is 13.8 Å². The molecule has 1 fully saturated rings. The molecule has 0 radical (unpaired) electrons. The van der Waals surface area contributed by atoms with Crippen LogP contribution >= 0.6 is 0 Å². The molecule has 4 nitrogen and oxygen atoms in total. The average Bonchev–Trinajstić information content (AvgIpc) is 2.34. The summed E-state index contributed by atoms with van der Waals surface area (Å²) in [4.78, 5) is 2.19.